The van der Waals surface area contributed by atoms with Crippen LogP contribution in [0.4, 0.5) is 5.69 Å². The predicted molar refractivity (Wildman–Crippen MR) is 105 cm³/mol. The Kier molecular flexibility index (Phi) is 4.80. The molecule has 2 aromatic carbocycles. The number of carbonyl (C=O) groups is 2. The van der Waals surface area contributed by atoms with Gasteiger partial charge in [0.2, 0.25) is 0 Å². The summed E-state index contributed by atoms with van der Waals surface area (Å²) in [7, 11) is 0. The van der Waals surface area contributed by atoms with Gasteiger partial charge in [-0.2, -0.15) is 0 Å². The molecule has 132 valence electrons. The Morgan fingerprint density at radius 3 is 2.27 bits per heavy atom. The highest BCUT2D eigenvalue weighted by molar-refractivity contribution is 7.80. The molecule has 0 bridgehead atoms. The number of rotatable bonds is 2. The van der Waals surface area contributed by atoms with Gasteiger partial charge in [-0.25, -0.2) is 0 Å². The van der Waals surface area contributed by atoms with Gasteiger partial charge < -0.3 is 5.11 Å². The van der Waals surface area contributed by atoms with Crippen molar-refractivity contribution in [2.24, 2.45) is 0 Å². The Balaban J connectivity index is 2.04. The number of benzene rings is 2. The van der Waals surface area contributed by atoms with Crippen molar-refractivity contribution < 1.29 is 14.7 Å². The lowest BCUT2D eigenvalue weighted by atomic mass is 10.0. The van der Waals surface area contributed by atoms with Crippen LogP contribution in [0.3, 0.4) is 0 Å². The number of hydrogen-bond acceptors (Lipinski definition) is 4. The number of hydrogen-bond donors (Lipinski definition) is 2. The van der Waals surface area contributed by atoms with Crippen molar-refractivity contribution in [3.63, 3.8) is 0 Å². The van der Waals surface area contributed by atoms with E-state index in [0.717, 1.165) is 0 Å². The Labute approximate surface area is 160 Å². The zero-order valence-corrected chi connectivity index (χ0v) is 15.6. The van der Waals surface area contributed by atoms with Gasteiger partial charge >= 0.3 is 0 Å². The third-order valence-electron chi connectivity index (χ3n) is 4.01. The van der Waals surface area contributed by atoms with Crippen LogP contribution < -0.4 is 10.2 Å². The van der Waals surface area contributed by atoms with Crippen LogP contribution >= 0.6 is 23.8 Å². The van der Waals surface area contributed by atoms with Gasteiger partial charge in [-0.15, -0.1) is 0 Å². The molecule has 2 N–H and O–H groups in total. The van der Waals surface area contributed by atoms with Gasteiger partial charge in [-0.05, 0) is 85.2 Å². The summed E-state index contributed by atoms with van der Waals surface area (Å²) in [5.41, 5.74) is 2.42. The van der Waals surface area contributed by atoms with Crippen molar-refractivity contribution >= 4 is 52.5 Å². The number of nitrogens with zero attached hydrogens (tertiary/aromatic N) is 1. The second-order valence-corrected chi connectivity index (χ2v) is 6.76. The van der Waals surface area contributed by atoms with E-state index in [1.807, 2.05) is 0 Å². The van der Waals surface area contributed by atoms with Crippen LogP contribution in [0.25, 0.3) is 6.08 Å². The average molecular weight is 387 g/mol. The quantitative estimate of drug-likeness (QED) is 0.471. The first kappa shape index (κ1) is 18.1. The predicted octanol–water partition coefficient (Wildman–Crippen LogP) is 3.49. The molecule has 0 spiro atoms. The molecule has 1 aliphatic heterocycles. The molecule has 0 aliphatic carbocycles. The molecule has 1 heterocycles. The zero-order chi connectivity index (χ0) is 19.0. The number of carbonyl (C=O) groups excluding carboxylic acids is 2. The molecule has 2 aromatic rings. The van der Waals surface area contributed by atoms with Crippen LogP contribution in [0.2, 0.25) is 5.02 Å². The topological polar surface area (TPSA) is 69.6 Å². The Morgan fingerprint density at radius 2 is 1.69 bits per heavy atom. The van der Waals surface area contributed by atoms with E-state index in [-0.39, 0.29) is 16.4 Å². The molecule has 1 saturated heterocycles. The third-order valence-corrected chi connectivity index (χ3v) is 4.55. The first-order valence-corrected chi connectivity index (χ1v) is 8.54. The van der Waals surface area contributed by atoms with Crippen molar-refractivity contribution in [2.45, 2.75) is 13.8 Å². The van der Waals surface area contributed by atoms with E-state index in [9.17, 15) is 14.7 Å². The summed E-state index contributed by atoms with van der Waals surface area (Å²) < 4.78 is 0. The van der Waals surface area contributed by atoms with E-state index in [4.69, 9.17) is 23.8 Å². The minimum absolute atomic E-state index is 0.0116. The number of halogens is 1. The van der Waals surface area contributed by atoms with Gasteiger partial charge in [0.1, 0.15) is 11.3 Å². The van der Waals surface area contributed by atoms with E-state index in [2.05, 4.69) is 5.32 Å². The van der Waals surface area contributed by atoms with Crippen LogP contribution in [-0.2, 0) is 9.59 Å². The molecule has 0 saturated carbocycles. The Bertz CT molecular complexity index is 944. The first-order chi connectivity index (χ1) is 12.3. The van der Waals surface area contributed by atoms with Crippen molar-refractivity contribution in [1.82, 2.24) is 5.32 Å². The number of aryl methyl sites for hydroxylation is 2. The van der Waals surface area contributed by atoms with Crippen molar-refractivity contribution in [3.8, 4) is 5.75 Å². The maximum atomic E-state index is 12.9. The maximum Gasteiger partial charge on any atom is 0.270 e. The number of anilines is 1. The number of phenols is 1. The normalized spacial score (nSPS) is 16.2. The van der Waals surface area contributed by atoms with E-state index in [1.165, 1.54) is 11.0 Å². The minimum atomic E-state index is -0.561. The molecule has 3 rings (SSSR count). The van der Waals surface area contributed by atoms with Crippen LogP contribution in [0.5, 0.6) is 5.75 Å². The summed E-state index contributed by atoms with van der Waals surface area (Å²) in [4.78, 5) is 26.5. The van der Waals surface area contributed by atoms with Gasteiger partial charge in [-0.1, -0.05) is 11.6 Å². The number of thiocarbonyl (C=S) groups is 1. The molecular weight excluding hydrogens is 372 g/mol. The molecule has 1 fully saturated rings. The molecule has 0 radical (unpaired) electrons. The molecule has 0 atom stereocenters. The smallest absolute Gasteiger partial charge is 0.270 e. The second kappa shape index (κ2) is 6.90. The van der Waals surface area contributed by atoms with Gasteiger partial charge in [0, 0.05) is 5.02 Å². The summed E-state index contributed by atoms with van der Waals surface area (Å²) >= 11 is 11.0. The fraction of sp³-hybridized carbons (Fsp3) is 0.105. The highest BCUT2D eigenvalue weighted by Crippen LogP contribution is 2.26. The standard InChI is InChI=1S/C19H15ClN2O3S/c1-10-7-12(8-11(2)16(10)23)9-15-17(24)21-19(26)22(18(15)25)14-5-3-13(20)4-6-14/h3-9,23H,1-2H3,(H,21,24,26). The summed E-state index contributed by atoms with van der Waals surface area (Å²) in [6, 6.07) is 9.98. The lowest BCUT2D eigenvalue weighted by Gasteiger charge is -2.29. The van der Waals surface area contributed by atoms with E-state index in [1.54, 1.807) is 50.2 Å². The van der Waals surface area contributed by atoms with Crippen LogP contribution in [0.1, 0.15) is 16.7 Å². The fourth-order valence-electron chi connectivity index (χ4n) is 2.72. The molecule has 2 amide bonds. The maximum absolute atomic E-state index is 12.9. The largest absolute Gasteiger partial charge is 0.507 e. The van der Waals surface area contributed by atoms with E-state index >= 15 is 0 Å². The average Bonchev–Trinajstić information content (AvgIpc) is 2.58. The molecule has 26 heavy (non-hydrogen) atoms. The molecule has 7 heteroatoms. The highest BCUT2D eigenvalue weighted by atomic mass is 35.5. The molecule has 0 unspecified atom stereocenters. The Morgan fingerprint density at radius 1 is 1.12 bits per heavy atom. The Hall–Kier alpha value is -2.70. The van der Waals surface area contributed by atoms with E-state index in [0.29, 0.717) is 27.4 Å². The molecule has 5 nitrogen and oxygen atoms in total. The van der Waals surface area contributed by atoms with Crippen molar-refractivity contribution in [3.05, 3.63) is 63.7 Å². The lowest BCUT2D eigenvalue weighted by Crippen LogP contribution is -2.54. The summed E-state index contributed by atoms with van der Waals surface area (Å²) in [6.45, 7) is 3.50. The van der Waals surface area contributed by atoms with E-state index < -0.39 is 11.8 Å². The number of aromatic hydroxyl groups is 1. The lowest BCUT2D eigenvalue weighted by molar-refractivity contribution is -0.122. The van der Waals surface area contributed by atoms with Crippen LogP contribution in [0, 0.1) is 13.8 Å². The summed E-state index contributed by atoms with van der Waals surface area (Å²) in [6.07, 6.45) is 1.49. The SMILES string of the molecule is Cc1cc(C=C2C(=O)NC(=S)N(c3ccc(Cl)cc3)C2=O)cc(C)c1O. The monoisotopic (exact) mass is 386 g/mol. The van der Waals surface area contributed by atoms with Crippen LogP contribution in [0.15, 0.2) is 42.0 Å². The third kappa shape index (κ3) is 3.34. The number of amides is 2. The van der Waals surface area contributed by atoms with Crippen LogP contribution in [-0.4, -0.2) is 22.0 Å². The minimum Gasteiger partial charge on any atom is -0.507 e. The molecule has 1 aliphatic rings. The summed E-state index contributed by atoms with van der Waals surface area (Å²) in [5.74, 6) is -0.895. The second-order valence-electron chi connectivity index (χ2n) is 5.94. The van der Waals surface area contributed by atoms with Gasteiger partial charge in [0.25, 0.3) is 11.8 Å². The van der Waals surface area contributed by atoms with Gasteiger partial charge in [0.15, 0.2) is 5.11 Å². The number of phenolic OH excluding ortho intramolecular Hbond substituents is 1. The zero-order valence-electron chi connectivity index (χ0n) is 14.0. The fourth-order valence-corrected chi connectivity index (χ4v) is 3.13. The first-order valence-electron chi connectivity index (χ1n) is 7.75. The molecule has 0 aromatic heterocycles. The van der Waals surface area contributed by atoms with Crippen molar-refractivity contribution in [2.75, 3.05) is 4.90 Å². The number of nitrogens with one attached hydrogen (secondary N) is 1. The van der Waals surface area contributed by atoms with Gasteiger partial charge in [-0.3, -0.25) is 19.8 Å². The van der Waals surface area contributed by atoms with Gasteiger partial charge in [0.05, 0.1) is 5.69 Å². The highest BCUT2D eigenvalue weighted by Gasteiger charge is 2.34. The molecular formula is C19H15ClN2O3S. The van der Waals surface area contributed by atoms with Crippen molar-refractivity contribution in [1.29, 1.82) is 0 Å². The summed E-state index contributed by atoms with van der Waals surface area (Å²) in [5, 5.41) is 13.0.